The van der Waals surface area contributed by atoms with Gasteiger partial charge in [0.25, 0.3) is 0 Å². The molecule has 0 radical (unpaired) electrons. The number of benzene rings is 1. The lowest BCUT2D eigenvalue weighted by atomic mass is 10.1. The Morgan fingerprint density at radius 3 is 2.83 bits per heavy atom. The maximum atomic E-state index is 13.5. The molecule has 120 valence electrons. The lowest BCUT2D eigenvalue weighted by Gasteiger charge is -2.15. The summed E-state index contributed by atoms with van der Waals surface area (Å²) in [5.41, 5.74) is -0.0152. The van der Waals surface area contributed by atoms with E-state index in [1.54, 1.807) is 18.5 Å². The molecular formula is C16H16F2N4O. The molecule has 0 spiro atoms. The molecule has 23 heavy (non-hydrogen) atoms. The van der Waals surface area contributed by atoms with Crippen molar-refractivity contribution in [2.75, 3.05) is 25.0 Å². The van der Waals surface area contributed by atoms with Crippen molar-refractivity contribution < 1.29 is 13.6 Å². The van der Waals surface area contributed by atoms with E-state index in [0.29, 0.717) is 6.54 Å². The first-order valence-corrected chi connectivity index (χ1v) is 7.36. The van der Waals surface area contributed by atoms with Crippen LogP contribution in [0.1, 0.15) is 18.2 Å². The zero-order valence-electron chi connectivity index (χ0n) is 12.4. The number of carbonyl (C=O) groups is 1. The van der Waals surface area contributed by atoms with E-state index in [9.17, 15) is 13.6 Å². The second kappa shape index (κ2) is 6.78. The summed E-state index contributed by atoms with van der Waals surface area (Å²) in [6.07, 6.45) is 4.28. The maximum absolute atomic E-state index is 13.5. The van der Waals surface area contributed by atoms with Crippen molar-refractivity contribution in [1.29, 1.82) is 0 Å². The van der Waals surface area contributed by atoms with Crippen LogP contribution in [-0.4, -0.2) is 40.4 Å². The summed E-state index contributed by atoms with van der Waals surface area (Å²) >= 11 is 0. The molecule has 1 aliphatic heterocycles. The number of anilines is 1. The normalized spacial score (nSPS) is 18.1. The fraction of sp³-hybridized carbons (Fsp3) is 0.312. The Balaban J connectivity index is 1.55. The first-order valence-electron chi connectivity index (χ1n) is 7.36. The highest BCUT2D eigenvalue weighted by Crippen LogP contribution is 2.24. The minimum absolute atomic E-state index is 0.0152. The van der Waals surface area contributed by atoms with Crippen molar-refractivity contribution in [3.05, 3.63) is 54.1 Å². The molecule has 0 saturated carbocycles. The Morgan fingerprint density at radius 1 is 1.30 bits per heavy atom. The molecule has 5 nitrogen and oxygen atoms in total. The largest absolute Gasteiger partial charge is 0.322 e. The van der Waals surface area contributed by atoms with Gasteiger partial charge in [-0.15, -0.1) is 0 Å². The van der Waals surface area contributed by atoms with Gasteiger partial charge in [-0.1, -0.05) is 0 Å². The van der Waals surface area contributed by atoms with Gasteiger partial charge in [0.2, 0.25) is 5.91 Å². The molecule has 1 aromatic carbocycles. The summed E-state index contributed by atoms with van der Waals surface area (Å²) in [4.78, 5) is 22.5. The number of amides is 1. The minimum atomic E-state index is -0.782. The van der Waals surface area contributed by atoms with Gasteiger partial charge in [-0.3, -0.25) is 9.69 Å². The summed E-state index contributed by atoms with van der Waals surface area (Å²) in [6, 6.07) is 4.83. The third kappa shape index (κ3) is 3.87. The van der Waals surface area contributed by atoms with Gasteiger partial charge < -0.3 is 5.32 Å². The Labute approximate surface area is 132 Å². The van der Waals surface area contributed by atoms with Crippen LogP contribution in [-0.2, 0) is 4.79 Å². The molecule has 2 heterocycles. The second-order valence-corrected chi connectivity index (χ2v) is 5.50. The molecule has 1 atom stereocenters. The van der Waals surface area contributed by atoms with Crippen LogP contribution in [0.15, 0.2) is 36.7 Å². The van der Waals surface area contributed by atoms with E-state index in [-0.39, 0.29) is 24.1 Å². The number of carbonyl (C=O) groups excluding carboxylic acids is 1. The van der Waals surface area contributed by atoms with Crippen LogP contribution in [0.25, 0.3) is 0 Å². The molecule has 0 aliphatic carbocycles. The number of rotatable bonds is 4. The molecule has 2 aromatic rings. The average Bonchev–Trinajstić information content (AvgIpc) is 2.99. The van der Waals surface area contributed by atoms with Crippen LogP contribution >= 0.6 is 0 Å². The lowest BCUT2D eigenvalue weighted by Crippen LogP contribution is -2.31. The van der Waals surface area contributed by atoms with Crippen molar-refractivity contribution >= 4 is 11.6 Å². The molecule has 1 aliphatic rings. The fourth-order valence-corrected chi connectivity index (χ4v) is 2.69. The second-order valence-electron chi connectivity index (χ2n) is 5.50. The summed E-state index contributed by atoms with van der Waals surface area (Å²) < 4.78 is 26.4. The van der Waals surface area contributed by atoms with Crippen LogP contribution in [0.2, 0.25) is 0 Å². The number of halogens is 2. The van der Waals surface area contributed by atoms with Gasteiger partial charge in [-0.25, -0.2) is 18.7 Å². The van der Waals surface area contributed by atoms with Crippen LogP contribution in [0.3, 0.4) is 0 Å². The molecule has 7 heteroatoms. The number of hydrogen-bond acceptors (Lipinski definition) is 4. The van der Waals surface area contributed by atoms with E-state index in [4.69, 9.17) is 0 Å². The maximum Gasteiger partial charge on any atom is 0.238 e. The van der Waals surface area contributed by atoms with E-state index < -0.39 is 11.6 Å². The molecule has 3 rings (SSSR count). The average molecular weight is 318 g/mol. The van der Waals surface area contributed by atoms with E-state index in [0.717, 1.165) is 30.9 Å². The van der Waals surface area contributed by atoms with Gasteiger partial charge in [-0.05, 0) is 31.2 Å². The highest BCUT2D eigenvalue weighted by molar-refractivity contribution is 5.92. The Hall–Kier alpha value is -2.41. The number of nitrogens with one attached hydrogen (secondary N) is 1. The van der Waals surface area contributed by atoms with E-state index in [2.05, 4.69) is 15.3 Å². The zero-order valence-corrected chi connectivity index (χ0v) is 12.4. The topological polar surface area (TPSA) is 58.1 Å². The highest BCUT2D eigenvalue weighted by Gasteiger charge is 2.27. The summed E-state index contributed by atoms with van der Waals surface area (Å²) in [7, 11) is 0. The Kier molecular flexibility index (Phi) is 4.57. The Bertz CT molecular complexity index is 696. The predicted octanol–water partition coefficient (Wildman–Crippen LogP) is 2.18. The monoisotopic (exact) mass is 318 g/mol. The highest BCUT2D eigenvalue weighted by atomic mass is 19.1. The van der Waals surface area contributed by atoms with Crippen molar-refractivity contribution in [2.45, 2.75) is 12.3 Å². The van der Waals surface area contributed by atoms with E-state index >= 15 is 0 Å². The van der Waals surface area contributed by atoms with Crippen LogP contribution in [0.4, 0.5) is 14.5 Å². The molecule has 1 amide bonds. The van der Waals surface area contributed by atoms with E-state index in [1.165, 1.54) is 6.07 Å². The van der Waals surface area contributed by atoms with Crippen molar-refractivity contribution in [3.8, 4) is 0 Å². The lowest BCUT2D eigenvalue weighted by molar-refractivity contribution is -0.117. The molecular weight excluding hydrogens is 302 g/mol. The van der Waals surface area contributed by atoms with Gasteiger partial charge in [0.05, 0.1) is 12.2 Å². The van der Waals surface area contributed by atoms with Crippen LogP contribution in [0.5, 0.6) is 0 Å². The van der Waals surface area contributed by atoms with Crippen molar-refractivity contribution in [3.63, 3.8) is 0 Å². The summed E-state index contributed by atoms with van der Waals surface area (Å²) in [6.45, 7) is 1.59. The molecule has 1 unspecified atom stereocenters. The molecule has 0 bridgehead atoms. The smallest absolute Gasteiger partial charge is 0.238 e. The number of nitrogens with zero attached hydrogens (tertiary/aromatic N) is 3. The molecule has 1 saturated heterocycles. The zero-order chi connectivity index (χ0) is 16.2. The van der Waals surface area contributed by atoms with Crippen LogP contribution < -0.4 is 5.32 Å². The summed E-state index contributed by atoms with van der Waals surface area (Å²) in [5, 5.41) is 2.47. The third-order valence-corrected chi connectivity index (χ3v) is 3.80. The fourth-order valence-electron chi connectivity index (χ4n) is 2.69. The van der Waals surface area contributed by atoms with Gasteiger partial charge in [0, 0.05) is 30.9 Å². The van der Waals surface area contributed by atoms with E-state index in [1.807, 2.05) is 4.90 Å². The van der Waals surface area contributed by atoms with Gasteiger partial charge in [0.1, 0.15) is 17.5 Å². The molecule has 1 fully saturated rings. The first-order chi connectivity index (χ1) is 11.1. The number of aromatic nitrogens is 2. The standard InChI is InChI=1S/C16H16F2N4O/c17-12-2-3-14(13(18)8-12)21-15(23)10-22-7-4-11(9-22)16-19-5-1-6-20-16/h1-3,5-6,8,11H,4,7,9-10H2,(H,21,23). The number of likely N-dealkylation sites (tertiary alicyclic amines) is 1. The molecule has 1 aromatic heterocycles. The van der Waals surface area contributed by atoms with Gasteiger partial charge >= 0.3 is 0 Å². The first kappa shape index (κ1) is 15.5. The SMILES string of the molecule is O=C(CN1CCC(c2ncccn2)C1)Nc1ccc(F)cc1F. The number of hydrogen-bond donors (Lipinski definition) is 1. The third-order valence-electron chi connectivity index (χ3n) is 3.80. The van der Waals surface area contributed by atoms with Gasteiger partial charge in [0.15, 0.2) is 0 Å². The van der Waals surface area contributed by atoms with Crippen molar-refractivity contribution in [1.82, 2.24) is 14.9 Å². The van der Waals surface area contributed by atoms with Crippen molar-refractivity contribution in [2.24, 2.45) is 0 Å². The quantitative estimate of drug-likeness (QED) is 0.939. The van der Waals surface area contributed by atoms with Crippen LogP contribution in [0, 0.1) is 11.6 Å². The minimum Gasteiger partial charge on any atom is -0.322 e. The van der Waals surface area contributed by atoms with Gasteiger partial charge in [-0.2, -0.15) is 0 Å². The molecule has 1 N–H and O–H groups in total. The summed E-state index contributed by atoms with van der Waals surface area (Å²) in [5.74, 6) is -0.808. The predicted molar refractivity (Wildman–Crippen MR) is 80.8 cm³/mol. The Morgan fingerprint density at radius 2 is 2.09 bits per heavy atom.